The molecule has 2 saturated heterocycles. The van der Waals surface area contributed by atoms with Crippen LogP contribution in [0, 0.1) is 11.2 Å². The second-order valence-corrected chi connectivity index (χ2v) is 6.82. The first kappa shape index (κ1) is 14.6. The molecule has 2 aliphatic heterocycles. The van der Waals surface area contributed by atoms with Gasteiger partial charge in [0.25, 0.3) is 0 Å². The second-order valence-electron chi connectivity index (χ2n) is 6.82. The molecular formula is C17H21FN4O. The molecule has 2 fully saturated rings. The Hall–Kier alpha value is -1.95. The van der Waals surface area contributed by atoms with Crippen molar-refractivity contribution in [2.75, 3.05) is 31.1 Å². The molecular weight excluding hydrogens is 295 g/mol. The smallest absolute Gasteiger partial charge is 0.225 e. The van der Waals surface area contributed by atoms with Gasteiger partial charge in [-0.15, -0.1) is 0 Å². The van der Waals surface area contributed by atoms with Crippen LogP contribution in [-0.4, -0.2) is 41.0 Å². The molecule has 2 aliphatic rings. The summed E-state index contributed by atoms with van der Waals surface area (Å²) in [4.78, 5) is 13.0. The van der Waals surface area contributed by atoms with Crippen molar-refractivity contribution in [1.82, 2.24) is 14.9 Å². The van der Waals surface area contributed by atoms with Crippen LogP contribution in [0.4, 0.5) is 10.3 Å². The Labute approximate surface area is 135 Å². The van der Waals surface area contributed by atoms with Crippen molar-refractivity contribution in [3.8, 4) is 0 Å². The van der Waals surface area contributed by atoms with Gasteiger partial charge in [-0.1, -0.05) is 0 Å². The Balaban J connectivity index is 1.43. The van der Waals surface area contributed by atoms with Gasteiger partial charge in [-0.05, 0) is 31.9 Å². The van der Waals surface area contributed by atoms with Crippen molar-refractivity contribution in [2.45, 2.75) is 25.8 Å². The molecule has 0 aliphatic carbocycles. The van der Waals surface area contributed by atoms with Gasteiger partial charge >= 0.3 is 0 Å². The molecule has 4 rings (SSSR count). The van der Waals surface area contributed by atoms with Crippen molar-refractivity contribution in [1.29, 1.82) is 0 Å². The lowest BCUT2D eigenvalue weighted by Gasteiger charge is -2.40. The average molecular weight is 316 g/mol. The van der Waals surface area contributed by atoms with Crippen molar-refractivity contribution in [3.05, 3.63) is 42.4 Å². The highest BCUT2D eigenvalue weighted by atomic mass is 19.1. The van der Waals surface area contributed by atoms with Gasteiger partial charge in [-0.3, -0.25) is 4.90 Å². The molecule has 0 bridgehead atoms. The van der Waals surface area contributed by atoms with E-state index in [4.69, 9.17) is 4.42 Å². The molecule has 0 aromatic carbocycles. The highest BCUT2D eigenvalue weighted by Gasteiger charge is 2.41. The normalized spacial score (nSPS) is 25.3. The fraction of sp³-hybridized carbons (Fsp3) is 0.529. The molecule has 0 saturated carbocycles. The van der Waals surface area contributed by atoms with Crippen molar-refractivity contribution in [2.24, 2.45) is 5.41 Å². The number of hydrogen-bond acceptors (Lipinski definition) is 5. The summed E-state index contributed by atoms with van der Waals surface area (Å²) in [5.41, 5.74) is 1.54. The van der Waals surface area contributed by atoms with E-state index in [9.17, 15) is 4.39 Å². The Morgan fingerprint density at radius 1 is 1.17 bits per heavy atom. The lowest BCUT2D eigenvalue weighted by molar-refractivity contribution is 0.215. The second kappa shape index (κ2) is 5.92. The molecule has 0 amide bonds. The first-order chi connectivity index (χ1) is 11.2. The average Bonchev–Trinajstić information content (AvgIpc) is 3.19. The summed E-state index contributed by atoms with van der Waals surface area (Å²) in [5, 5.41) is 0. The van der Waals surface area contributed by atoms with E-state index in [2.05, 4.69) is 19.8 Å². The van der Waals surface area contributed by atoms with Crippen molar-refractivity contribution < 1.29 is 8.81 Å². The Kier molecular flexibility index (Phi) is 3.77. The number of likely N-dealkylation sites (tertiary alicyclic amines) is 1. The third-order valence-electron chi connectivity index (χ3n) is 5.05. The Morgan fingerprint density at radius 2 is 2.04 bits per heavy atom. The van der Waals surface area contributed by atoms with E-state index in [-0.39, 0.29) is 5.82 Å². The zero-order chi connectivity index (χ0) is 15.7. The van der Waals surface area contributed by atoms with Crippen LogP contribution in [0.5, 0.6) is 0 Å². The fourth-order valence-electron chi connectivity index (χ4n) is 3.98. The number of piperidine rings is 1. The Morgan fingerprint density at radius 3 is 2.83 bits per heavy atom. The van der Waals surface area contributed by atoms with E-state index in [1.54, 1.807) is 6.26 Å². The quantitative estimate of drug-likeness (QED) is 0.871. The molecule has 6 heteroatoms. The van der Waals surface area contributed by atoms with Gasteiger partial charge in [0.05, 0.1) is 24.9 Å². The van der Waals surface area contributed by atoms with E-state index in [0.717, 1.165) is 39.1 Å². The van der Waals surface area contributed by atoms with Crippen LogP contribution in [-0.2, 0) is 6.54 Å². The van der Waals surface area contributed by atoms with E-state index in [1.165, 1.54) is 30.8 Å². The van der Waals surface area contributed by atoms with Gasteiger partial charge in [-0.25, -0.2) is 14.4 Å². The van der Waals surface area contributed by atoms with Gasteiger partial charge in [0.15, 0.2) is 5.82 Å². The predicted molar refractivity (Wildman–Crippen MR) is 84.5 cm³/mol. The fourth-order valence-corrected chi connectivity index (χ4v) is 3.98. The van der Waals surface area contributed by atoms with Crippen LogP contribution in [0.2, 0.25) is 0 Å². The molecule has 5 nitrogen and oxygen atoms in total. The number of aromatic nitrogens is 2. The summed E-state index contributed by atoms with van der Waals surface area (Å²) in [6.45, 7) is 5.07. The largest absolute Gasteiger partial charge is 0.472 e. The van der Waals surface area contributed by atoms with Crippen LogP contribution >= 0.6 is 0 Å². The van der Waals surface area contributed by atoms with Crippen LogP contribution in [0.3, 0.4) is 0 Å². The maximum absolute atomic E-state index is 13.0. The maximum atomic E-state index is 13.0. The molecule has 23 heavy (non-hydrogen) atoms. The third-order valence-corrected chi connectivity index (χ3v) is 5.05. The summed E-state index contributed by atoms with van der Waals surface area (Å²) in [7, 11) is 0. The van der Waals surface area contributed by atoms with E-state index >= 15 is 0 Å². The molecule has 0 N–H and O–H groups in total. The summed E-state index contributed by atoms with van der Waals surface area (Å²) < 4.78 is 18.2. The van der Waals surface area contributed by atoms with Crippen molar-refractivity contribution >= 4 is 5.95 Å². The molecule has 0 unspecified atom stereocenters. The SMILES string of the molecule is Fc1cnc(N2CCC[C@@]3(CCN(Cc4ccoc4)C3)C2)nc1. The molecule has 0 radical (unpaired) electrons. The minimum absolute atomic E-state index is 0.305. The summed E-state index contributed by atoms with van der Waals surface area (Å²) in [6.07, 6.45) is 9.64. The monoisotopic (exact) mass is 316 g/mol. The molecule has 4 heterocycles. The highest BCUT2D eigenvalue weighted by molar-refractivity contribution is 5.30. The minimum atomic E-state index is -0.382. The number of anilines is 1. The first-order valence-electron chi connectivity index (χ1n) is 8.18. The van der Waals surface area contributed by atoms with Crippen molar-refractivity contribution in [3.63, 3.8) is 0 Å². The number of halogens is 1. The first-order valence-corrected chi connectivity index (χ1v) is 8.18. The third kappa shape index (κ3) is 3.08. The van der Waals surface area contributed by atoms with Crippen LogP contribution in [0.25, 0.3) is 0 Å². The maximum Gasteiger partial charge on any atom is 0.225 e. The molecule has 1 atom stereocenters. The zero-order valence-corrected chi connectivity index (χ0v) is 13.1. The topological polar surface area (TPSA) is 45.4 Å². The molecule has 1 spiro atoms. The standard InChI is InChI=1S/C17H21FN4O/c18-15-8-19-16(20-9-15)22-5-1-3-17(13-22)4-6-21(12-17)10-14-2-7-23-11-14/h2,7-9,11H,1,3-6,10,12-13H2/t17-/m0/s1. The van der Waals surface area contributed by atoms with Gasteiger partial charge in [-0.2, -0.15) is 0 Å². The highest BCUT2D eigenvalue weighted by Crippen LogP contribution is 2.40. The van der Waals surface area contributed by atoms with Gasteiger partial charge < -0.3 is 9.32 Å². The van der Waals surface area contributed by atoms with Crippen LogP contribution in [0.15, 0.2) is 35.4 Å². The lowest BCUT2D eigenvalue weighted by atomic mass is 9.79. The van der Waals surface area contributed by atoms with E-state index in [0.29, 0.717) is 11.4 Å². The van der Waals surface area contributed by atoms with E-state index in [1.807, 2.05) is 12.3 Å². The number of furan rings is 1. The van der Waals surface area contributed by atoms with Gasteiger partial charge in [0.1, 0.15) is 0 Å². The zero-order valence-electron chi connectivity index (χ0n) is 13.1. The summed E-state index contributed by atoms with van der Waals surface area (Å²) in [6, 6.07) is 2.03. The summed E-state index contributed by atoms with van der Waals surface area (Å²) in [5.74, 6) is 0.270. The Bertz CT molecular complexity index is 645. The van der Waals surface area contributed by atoms with E-state index < -0.39 is 0 Å². The number of rotatable bonds is 3. The molecule has 2 aromatic rings. The van der Waals surface area contributed by atoms with Crippen LogP contribution in [0.1, 0.15) is 24.8 Å². The van der Waals surface area contributed by atoms with Crippen LogP contribution < -0.4 is 4.90 Å². The van der Waals surface area contributed by atoms with Gasteiger partial charge in [0, 0.05) is 37.2 Å². The molecule has 2 aromatic heterocycles. The predicted octanol–water partition coefficient (Wildman–Crippen LogP) is 2.70. The van der Waals surface area contributed by atoms with Gasteiger partial charge in [0.2, 0.25) is 5.95 Å². The number of hydrogen-bond donors (Lipinski definition) is 0. The summed E-state index contributed by atoms with van der Waals surface area (Å²) >= 11 is 0. The minimum Gasteiger partial charge on any atom is -0.472 e. The number of nitrogens with zero attached hydrogens (tertiary/aromatic N) is 4. The molecule has 122 valence electrons. The lowest BCUT2D eigenvalue weighted by Crippen LogP contribution is -2.45.